The largest absolute Gasteiger partial charge is 0.493 e. The summed E-state index contributed by atoms with van der Waals surface area (Å²) in [4.78, 5) is 0. The second-order valence-corrected chi connectivity index (χ2v) is 2.92. The van der Waals surface area contributed by atoms with Crippen LogP contribution in [-0.2, 0) is 0 Å². The van der Waals surface area contributed by atoms with Crippen molar-refractivity contribution in [2.24, 2.45) is 0 Å². The molecule has 1 aliphatic rings. The standard InChI is InChI=1S/C11H12O2/c1-12-10-7-4-6-9-5-2-3-8-13-11(9)10/h2,4-7H,3,8H2,1H3. The second-order valence-electron chi connectivity index (χ2n) is 2.92. The summed E-state index contributed by atoms with van der Waals surface area (Å²) in [5, 5.41) is 0. The lowest BCUT2D eigenvalue weighted by molar-refractivity contribution is 0.301. The van der Waals surface area contributed by atoms with Crippen molar-refractivity contribution in [3.63, 3.8) is 0 Å². The van der Waals surface area contributed by atoms with Gasteiger partial charge in [0.15, 0.2) is 11.5 Å². The Kier molecular flexibility index (Phi) is 2.21. The van der Waals surface area contributed by atoms with E-state index in [9.17, 15) is 0 Å². The van der Waals surface area contributed by atoms with Crippen LogP contribution in [0.5, 0.6) is 11.5 Å². The third kappa shape index (κ3) is 1.52. The maximum Gasteiger partial charge on any atom is 0.168 e. The highest BCUT2D eigenvalue weighted by Crippen LogP contribution is 2.33. The van der Waals surface area contributed by atoms with Gasteiger partial charge in [0.05, 0.1) is 13.7 Å². The summed E-state index contributed by atoms with van der Waals surface area (Å²) in [7, 11) is 1.66. The lowest BCUT2D eigenvalue weighted by Gasteiger charge is -2.10. The quantitative estimate of drug-likeness (QED) is 0.654. The number of para-hydroxylation sites is 1. The van der Waals surface area contributed by atoms with Gasteiger partial charge in [-0.15, -0.1) is 0 Å². The zero-order valence-electron chi connectivity index (χ0n) is 7.62. The average molecular weight is 176 g/mol. The second kappa shape index (κ2) is 3.52. The molecule has 0 atom stereocenters. The number of hydrogen-bond acceptors (Lipinski definition) is 2. The highest BCUT2D eigenvalue weighted by atomic mass is 16.5. The summed E-state index contributed by atoms with van der Waals surface area (Å²) < 4.78 is 10.8. The summed E-state index contributed by atoms with van der Waals surface area (Å²) in [6, 6.07) is 5.91. The predicted molar refractivity (Wildman–Crippen MR) is 52.1 cm³/mol. The van der Waals surface area contributed by atoms with Crippen LogP contribution < -0.4 is 9.47 Å². The molecule has 1 heterocycles. The van der Waals surface area contributed by atoms with Gasteiger partial charge in [-0.3, -0.25) is 0 Å². The molecular weight excluding hydrogens is 164 g/mol. The number of methoxy groups -OCH3 is 1. The normalized spacial score (nSPS) is 14.2. The molecule has 0 aromatic heterocycles. The van der Waals surface area contributed by atoms with Crippen molar-refractivity contribution in [1.29, 1.82) is 0 Å². The van der Waals surface area contributed by atoms with Crippen molar-refractivity contribution in [3.05, 3.63) is 29.8 Å². The zero-order chi connectivity index (χ0) is 9.10. The fourth-order valence-electron chi connectivity index (χ4n) is 1.42. The van der Waals surface area contributed by atoms with Crippen LogP contribution in [0.2, 0.25) is 0 Å². The number of hydrogen-bond donors (Lipinski definition) is 0. The Bertz CT molecular complexity index is 329. The molecule has 0 N–H and O–H groups in total. The van der Waals surface area contributed by atoms with Gasteiger partial charge in [-0.05, 0) is 12.5 Å². The van der Waals surface area contributed by atoms with Gasteiger partial charge in [-0.25, -0.2) is 0 Å². The molecule has 0 saturated carbocycles. The minimum Gasteiger partial charge on any atom is -0.493 e. The van der Waals surface area contributed by atoms with Crippen LogP contribution >= 0.6 is 0 Å². The number of ether oxygens (including phenoxy) is 2. The molecule has 0 spiro atoms. The van der Waals surface area contributed by atoms with Gasteiger partial charge in [-0.1, -0.05) is 24.3 Å². The third-order valence-electron chi connectivity index (χ3n) is 2.06. The minimum atomic E-state index is 0.726. The Morgan fingerprint density at radius 1 is 1.38 bits per heavy atom. The van der Waals surface area contributed by atoms with Crippen LogP contribution in [0.4, 0.5) is 0 Å². The minimum absolute atomic E-state index is 0.726. The van der Waals surface area contributed by atoms with Crippen molar-refractivity contribution in [2.75, 3.05) is 13.7 Å². The highest BCUT2D eigenvalue weighted by molar-refractivity contribution is 5.62. The molecule has 1 aromatic carbocycles. The molecule has 0 radical (unpaired) electrons. The van der Waals surface area contributed by atoms with Gasteiger partial charge >= 0.3 is 0 Å². The fourth-order valence-corrected chi connectivity index (χ4v) is 1.42. The molecular formula is C11H12O2. The van der Waals surface area contributed by atoms with Crippen LogP contribution in [0.3, 0.4) is 0 Å². The predicted octanol–water partition coefficient (Wildman–Crippen LogP) is 2.49. The van der Waals surface area contributed by atoms with Crippen LogP contribution in [-0.4, -0.2) is 13.7 Å². The first-order valence-electron chi connectivity index (χ1n) is 4.38. The van der Waals surface area contributed by atoms with E-state index in [1.165, 1.54) is 0 Å². The van der Waals surface area contributed by atoms with E-state index in [-0.39, 0.29) is 0 Å². The van der Waals surface area contributed by atoms with Crippen LogP contribution in [0, 0.1) is 0 Å². The van der Waals surface area contributed by atoms with Crippen LogP contribution in [0.1, 0.15) is 12.0 Å². The summed E-state index contributed by atoms with van der Waals surface area (Å²) in [6.07, 6.45) is 5.15. The van der Waals surface area contributed by atoms with E-state index in [1.54, 1.807) is 7.11 Å². The molecule has 68 valence electrons. The maximum absolute atomic E-state index is 5.58. The summed E-state index contributed by atoms with van der Waals surface area (Å²) >= 11 is 0. The number of fused-ring (bicyclic) bond motifs is 1. The molecule has 0 saturated heterocycles. The molecule has 0 bridgehead atoms. The molecule has 2 nitrogen and oxygen atoms in total. The molecule has 13 heavy (non-hydrogen) atoms. The fraction of sp³-hybridized carbons (Fsp3) is 0.273. The van der Waals surface area contributed by atoms with Crippen molar-refractivity contribution < 1.29 is 9.47 Å². The van der Waals surface area contributed by atoms with Crippen LogP contribution in [0.15, 0.2) is 24.3 Å². The lowest BCUT2D eigenvalue weighted by Crippen LogP contribution is -1.97. The van der Waals surface area contributed by atoms with Crippen molar-refractivity contribution in [1.82, 2.24) is 0 Å². The topological polar surface area (TPSA) is 18.5 Å². The number of benzene rings is 1. The first-order valence-corrected chi connectivity index (χ1v) is 4.38. The van der Waals surface area contributed by atoms with E-state index in [4.69, 9.17) is 9.47 Å². The van der Waals surface area contributed by atoms with E-state index < -0.39 is 0 Å². The Morgan fingerprint density at radius 2 is 2.31 bits per heavy atom. The average Bonchev–Trinajstić information content (AvgIpc) is 2.41. The third-order valence-corrected chi connectivity index (χ3v) is 2.06. The highest BCUT2D eigenvalue weighted by Gasteiger charge is 2.09. The van der Waals surface area contributed by atoms with E-state index in [0.29, 0.717) is 0 Å². The van der Waals surface area contributed by atoms with Gasteiger partial charge in [0.25, 0.3) is 0 Å². The molecule has 1 aromatic rings. The van der Waals surface area contributed by atoms with Gasteiger partial charge in [0, 0.05) is 5.56 Å². The Balaban J connectivity index is 2.49. The lowest BCUT2D eigenvalue weighted by atomic mass is 10.2. The van der Waals surface area contributed by atoms with E-state index in [2.05, 4.69) is 12.2 Å². The van der Waals surface area contributed by atoms with Crippen LogP contribution in [0.25, 0.3) is 6.08 Å². The molecule has 2 heteroatoms. The van der Waals surface area contributed by atoms with Gasteiger partial charge in [0.2, 0.25) is 0 Å². The maximum atomic E-state index is 5.58. The SMILES string of the molecule is COc1cccc2c1OCCC=C2. The molecule has 0 aliphatic carbocycles. The zero-order valence-corrected chi connectivity index (χ0v) is 7.62. The van der Waals surface area contributed by atoms with Crippen molar-refractivity contribution >= 4 is 6.08 Å². The Hall–Kier alpha value is -1.44. The smallest absolute Gasteiger partial charge is 0.168 e. The molecule has 0 fully saturated rings. The first-order chi connectivity index (χ1) is 6.42. The van der Waals surface area contributed by atoms with Gasteiger partial charge in [-0.2, -0.15) is 0 Å². The summed E-state index contributed by atoms with van der Waals surface area (Å²) in [5.41, 5.74) is 1.09. The van der Waals surface area contributed by atoms with E-state index >= 15 is 0 Å². The van der Waals surface area contributed by atoms with Crippen molar-refractivity contribution in [3.8, 4) is 11.5 Å². The van der Waals surface area contributed by atoms with Gasteiger partial charge in [0.1, 0.15) is 0 Å². The molecule has 1 aliphatic heterocycles. The Labute approximate surface area is 77.8 Å². The molecule has 2 rings (SSSR count). The number of rotatable bonds is 1. The summed E-state index contributed by atoms with van der Waals surface area (Å²) in [6.45, 7) is 0.726. The summed E-state index contributed by atoms with van der Waals surface area (Å²) in [5.74, 6) is 1.67. The van der Waals surface area contributed by atoms with Gasteiger partial charge < -0.3 is 9.47 Å². The monoisotopic (exact) mass is 176 g/mol. The van der Waals surface area contributed by atoms with Crippen molar-refractivity contribution in [2.45, 2.75) is 6.42 Å². The first kappa shape index (κ1) is 8.17. The Morgan fingerprint density at radius 3 is 3.15 bits per heavy atom. The van der Waals surface area contributed by atoms with E-state index in [1.807, 2.05) is 18.2 Å². The molecule has 0 amide bonds. The molecule has 0 unspecified atom stereocenters. The van der Waals surface area contributed by atoms with E-state index in [0.717, 1.165) is 30.1 Å².